The van der Waals surface area contributed by atoms with Gasteiger partial charge in [0.15, 0.2) is 5.65 Å². The zero-order valence-corrected chi connectivity index (χ0v) is 17.2. The number of nitrogens with zero attached hydrogens (tertiary/aromatic N) is 3. The SMILES string of the molecule is Cc1cc(NCCC[NH+]2CCOCC2)n2nc(C)c(-c3ccccc3Cl)c2n1. The summed E-state index contributed by atoms with van der Waals surface area (Å²) in [5.41, 5.74) is 4.69. The second kappa shape index (κ2) is 8.47. The molecule has 6 nitrogen and oxygen atoms in total. The molecule has 4 rings (SSSR count). The van der Waals surface area contributed by atoms with E-state index in [2.05, 4.69) is 11.4 Å². The number of halogens is 1. The minimum Gasteiger partial charge on any atom is -0.370 e. The van der Waals surface area contributed by atoms with Gasteiger partial charge in [-0.1, -0.05) is 29.8 Å². The number of nitrogens with one attached hydrogen (secondary N) is 2. The number of hydrogen-bond acceptors (Lipinski definition) is 4. The molecule has 28 heavy (non-hydrogen) atoms. The van der Waals surface area contributed by atoms with E-state index in [1.165, 1.54) is 0 Å². The lowest BCUT2D eigenvalue weighted by molar-refractivity contribution is -0.908. The van der Waals surface area contributed by atoms with E-state index < -0.39 is 0 Å². The van der Waals surface area contributed by atoms with Crippen LogP contribution in [0.15, 0.2) is 30.3 Å². The van der Waals surface area contributed by atoms with Crippen LogP contribution >= 0.6 is 11.6 Å². The molecule has 3 aromatic rings. The Morgan fingerprint density at radius 1 is 1.21 bits per heavy atom. The lowest BCUT2D eigenvalue weighted by Gasteiger charge is -2.23. The highest BCUT2D eigenvalue weighted by atomic mass is 35.5. The first-order chi connectivity index (χ1) is 13.6. The zero-order chi connectivity index (χ0) is 19.5. The molecular formula is C21H27ClN5O+. The Kier molecular flexibility index (Phi) is 5.80. The summed E-state index contributed by atoms with van der Waals surface area (Å²) in [7, 11) is 0. The molecule has 2 aromatic heterocycles. The first-order valence-corrected chi connectivity index (χ1v) is 10.3. The molecule has 148 valence electrons. The molecule has 0 atom stereocenters. The van der Waals surface area contributed by atoms with E-state index in [-0.39, 0.29) is 0 Å². The summed E-state index contributed by atoms with van der Waals surface area (Å²) in [4.78, 5) is 6.39. The molecule has 7 heteroatoms. The topological polar surface area (TPSA) is 55.9 Å². The third kappa shape index (κ3) is 3.99. The third-order valence-electron chi connectivity index (χ3n) is 5.25. The average molecular weight is 401 g/mol. The van der Waals surface area contributed by atoms with Gasteiger partial charge in [0.2, 0.25) is 0 Å². The highest BCUT2D eigenvalue weighted by Crippen LogP contribution is 2.33. The van der Waals surface area contributed by atoms with Crippen molar-refractivity contribution in [3.8, 4) is 11.1 Å². The molecule has 0 bridgehead atoms. The van der Waals surface area contributed by atoms with Crippen molar-refractivity contribution in [3.63, 3.8) is 0 Å². The lowest BCUT2D eigenvalue weighted by atomic mass is 10.1. The van der Waals surface area contributed by atoms with E-state index in [4.69, 9.17) is 26.4 Å². The van der Waals surface area contributed by atoms with E-state index >= 15 is 0 Å². The summed E-state index contributed by atoms with van der Waals surface area (Å²) in [5, 5.41) is 9.02. The van der Waals surface area contributed by atoms with Crippen molar-refractivity contribution in [2.45, 2.75) is 20.3 Å². The molecule has 0 spiro atoms. The van der Waals surface area contributed by atoms with E-state index in [1.54, 1.807) is 4.90 Å². The van der Waals surface area contributed by atoms with Crippen molar-refractivity contribution in [3.05, 3.63) is 46.7 Å². The molecule has 3 heterocycles. The number of rotatable bonds is 6. The highest BCUT2D eigenvalue weighted by Gasteiger charge is 2.18. The maximum absolute atomic E-state index is 6.45. The Hall–Kier alpha value is -2.15. The second-order valence-electron chi connectivity index (χ2n) is 7.35. The number of ether oxygens (including phenoxy) is 1. The van der Waals surface area contributed by atoms with E-state index in [9.17, 15) is 0 Å². The van der Waals surface area contributed by atoms with Crippen LogP contribution in [0.2, 0.25) is 5.02 Å². The van der Waals surface area contributed by atoms with Crippen LogP contribution in [0.1, 0.15) is 17.8 Å². The predicted molar refractivity (Wildman–Crippen MR) is 112 cm³/mol. The van der Waals surface area contributed by atoms with Gasteiger partial charge < -0.3 is 15.0 Å². The summed E-state index contributed by atoms with van der Waals surface area (Å²) >= 11 is 6.45. The first-order valence-electron chi connectivity index (χ1n) is 9.90. The fourth-order valence-corrected chi connectivity index (χ4v) is 4.04. The van der Waals surface area contributed by atoms with Gasteiger partial charge in [0, 0.05) is 35.3 Å². The fourth-order valence-electron chi connectivity index (χ4n) is 3.81. The molecule has 0 amide bonds. The van der Waals surface area contributed by atoms with Gasteiger partial charge in [0.05, 0.1) is 31.0 Å². The molecule has 1 saturated heterocycles. The number of anilines is 1. The molecule has 1 aromatic carbocycles. The van der Waals surface area contributed by atoms with Gasteiger partial charge in [-0.25, -0.2) is 4.98 Å². The third-order valence-corrected chi connectivity index (χ3v) is 5.58. The average Bonchev–Trinajstić information content (AvgIpc) is 3.02. The molecule has 2 N–H and O–H groups in total. The van der Waals surface area contributed by atoms with Crippen LogP contribution in [0.25, 0.3) is 16.8 Å². The van der Waals surface area contributed by atoms with Crippen molar-refractivity contribution in [2.24, 2.45) is 0 Å². The number of fused-ring (bicyclic) bond motifs is 1. The fraction of sp³-hybridized carbons (Fsp3) is 0.429. The van der Waals surface area contributed by atoms with Crippen LogP contribution in [-0.4, -0.2) is 54.0 Å². The quantitative estimate of drug-likeness (QED) is 0.624. The zero-order valence-electron chi connectivity index (χ0n) is 16.5. The standard InChI is InChI=1S/C21H26ClN5O/c1-15-14-19(23-8-5-9-26-10-12-28-13-11-26)27-21(24-15)20(16(2)25-27)17-6-3-4-7-18(17)22/h3-4,6-7,14,23H,5,8-13H2,1-2H3/p+1. The number of benzene rings is 1. The van der Waals surface area contributed by atoms with Gasteiger partial charge in [-0.15, -0.1) is 0 Å². The highest BCUT2D eigenvalue weighted by molar-refractivity contribution is 6.33. The monoisotopic (exact) mass is 400 g/mol. The largest absolute Gasteiger partial charge is 0.370 e. The molecule has 1 aliphatic rings. The molecule has 1 aliphatic heterocycles. The number of hydrogen-bond donors (Lipinski definition) is 2. The smallest absolute Gasteiger partial charge is 0.165 e. The molecule has 0 saturated carbocycles. The Labute approximate surface area is 170 Å². The summed E-state index contributed by atoms with van der Waals surface area (Å²) in [6.45, 7) is 10.1. The van der Waals surface area contributed by atoms with Gasteiger partial charge in [-0.05, 0) is 19.9 Å². The van der Waals surface area contributed by atoms with E-state index in [1.807, 2.05) is 42.6 Å². The van der Waals surface area contributed by atoms with Crippen LogP contribution < -0.4 is 10.2 Å². The van der Waals surface area contributed by atoms with Crippen molar-refractivity contribution in [1.29, 1.82) is 0 Å². The Bertz CT molecular complexity index is 965. The number of morpholine rings is 1. The van der Waals surface area contributed by atoms with Gasteiger partial charge in [0.1, 0.15) is 18.9 Å². The molecule has 0 aliphatic carbocycles. The van der Waals surface area contributed by atoms with Crippen molar-refractivity contribution >= 4 is 23.1 Å². The van der Waals surface area contributed by atoms with E-state index in [0.29, 0.717) is 5.02 Å². The van der Waals surface area contributed by atoms with Crippen LogP contribution in [0, 0.1) is 13.8 Å². The van der Waals surface area contributed by atoms with Crippen molar-refractivity contribution in [1.82, 2.24) is 14.6 Å². The Morgan fingerprint density at radius 2 is 2.00 bits per heavy atom. The van der Waals surface area contributed by atoms with Gasteiger partial charge in [-0.2, -0.15) is 9.61 Å². The predicted octanol–water partition coefficient (Wildman–Crippen LogP) is 2.38. The van der Waals surface area contributed by atoms with E-state index in [0.717, 1.165) is 79.8 Å². The van der Waals surface area contributed by atoms with Crippen molar-refractivity contribution in [2.75, 3.05) is 44.7 Å². The van der Waals surface area contributed by atoms with Crippen LogP contribution in [0.3, 0.4) is 0 Å². The molecular weight excluding hydrogens is 374 g/mol. The minimum atomic E-state index is 0.715. The van der Waals surface area contributed by atoms with Gasteiger partial charge in [-0.3, -0.25) is 0 Å². The van der Waals surface area contributed by atoms with Gasteiger partial charge in [0.25, 0.3) is 0 Å². The van der Waals surface area contributed by atoms with Crippen LogP contribution in [-0.2, 0) is 4.74 Å². The maximum Gasteiger partial charge on any atom is 0.165 e. The summed E-state index contributed by atoms with van der Waals surface area (Å²) in [6, 6.07) is 9.91. The first kappa shape index (κ1) is 19.2. The van der Waals surface area contributed by atoms with Gasteiger partial charge >= 0.3 is 0 Å². The number of aromatic nitrogens is 3. The molecule has 1 fully saturated rings. The summed E-state index contributed by atoms with van der Waals surface area (Å²) < 4.78 is 7.34. The Morgan fingerprint density at radius 3 is 2.79 bits per heavy atom. The van der Waals surface area contributed by atoms with Crippen LogP contribution in [0.4, 0.5) is 5.82 Å². The second-order valence-corrected chi connectivity index (χ2v) is 7.76. The van der Waals surface area contributed by atoms with Crippen molar-refractivity contribution < 1.29 is 9.64 Å². The summed E-state index contributed by atoms with van der Waals surface area (Å²) in [5.74, 6) is 0.973. The Balaban J connectivity index is 1.56. The number of quaternary nitrogens is 1. The normalized spacial score (nSPS) is 15.2. The maximum atomic E-state index is 6.45. The minimum absolute atomic E-state index is 0.715. The lowest BCUT2D eigenvalue weighted by Crippen LogP contribution is -3.14. The van der Waals surface area contributed by atoms with Crippen LogP contribution in [0.5, 0.6) is 0 Å². The number of aryl methyl sites for hydroxylation is 2. The molecule has 0 unspecified atom stereocenters. The summed E-state index contributed by atoms with van der Waals surface area (Å²) in [6.07, 6.45) is 1.11. The molecule has 0 radical (unpaired) electrons.